The molecule has 0 saturated heterocycles. The average molecular weight is 573 g/mol. The Balaban J connectivity index is 1.54. The molecule has 0 radical (unpaired) electrons. The third-order valence-electron chi connectivity index (χ3n) is 7.46. The van der Waals surface area contributed by atoms with Gasteiger partial charge in [0, 0.05) is 13.0 Å². The summed E-state index contributed by atoms with van der Waals surface area (Å²) in [5, 5.41) is 19.3. The number of aliphatic hydroxyl groups excluding tert-OH is 1. The Morgan fingerprint density at radius 1 is 0.810 bits per heavy atom. The Kier molecular flexibility index (Phi) is 9.93. The van der Waals surface area contributed by atoms with Crippen LogP contribution in [0.5, 0.6) is 5.75 Å². The quantitative estimate of drug-likeness (QED) is 0.184. The summed E-state index contributed by atoms with van der Waals surface area (Å²) >= 11 is 0. The van der Waals surface area contributed by atoms with Crippen LogP contribution in [-0.2, 0) is 38.6 Å². The highest BCUT2D eigenvalue weighted by Crippen LogP contribution is 2.45. The minimum absolute atomic E-state index is 0.0881. The van der Waals surface area contributed by atoms with E-state index in [4.69, 9.17) is 10.5 Å². The summed E-state index contributed by atoms with van der Waals surface area (Å²) in [5.74, 6) is -2.00. The van der Waals surface area contributed by atoms with Crippen LogP contribution in [0.2, 0.25) is 0 Å². The van der Waals surface area contributed by atoms with Gasteiger partial charge in [0.25, 0.3) is 5.91 Å². The zero-order chi connectivity index (χ0) is 30.1. The number of amides is 4. The lowest BCUT2D eigenvalue weighted by atomic mass is 9.98. The second-order valence-corrected chi connectivity index (χ2v) is 10.5. The van der Waals surface area contributed by atoms with Crippen LogP contribution in [0.4, 0.5) is 0 Å². The SMILES string of the molecule is COc1ccc(C[C@H](NC(=O)C2(C(N)=O)CC2)C(=O)NC(Cc2ccccc2)[C@H](O)C(=O)NCc2ccccc2)cc1. The fourth-order valence-electron chi connectivity index (χ4n) is 4.68. The molecule has 6 N–H and O–H groups in total. The van der Waals surface area contributed by atoms with E-state index in [1.54, 1.807) is 31.4 Å². The Labute approximate surface area is 244 Å². The van der Waals surface area contributed by atoms with Gasteiger partial charge in [-0.3, -0.25) is 19.2 Å². The number of aliphatic hydroxyl groups is 1. The summed E-state index contributed by atoms with van der Waals surface area (Å²) in [6.07, 6.45) is -0.731. The van der Waals surface area contributed by atoms with Crippen LogP contribution in [0, 0.1) is 5.41 Å². The van der Waals surface area contributed by atoms with E-state index in [2.05, 4.69) is 16.0 Å². The second-order valence-electron chi connectivity index (χ2n) is 10.5. The van der Waals surface area contributed by atoms with Crippen molar-refractivity contribution in [3.63, 3.8) is 0 Å². The first-order valence-corrected chi connectivity index (χ1v) is 13.8. The maximum absolute atomic E-state index is 13.7. The smallest absolute Gasteiger partial charge is 0.251 e. The van der Waals surface area contributed by atoms with Gasteiger partial charge < -0.3 is 31.5 Å². The monoisotopic (exact) mass is 572 g/mol. The maximum Gasteiger partial charge on any atom is 0.251 e. The molecule has 3 aromatic carbocycles. The van der Waals surface area contributed by atoms with Gasteiger partial charge in [-0.2, -0.15) is 0 Å². The van der Waals surface area contributed by atoms with Crippen molar-refractivity contribution in [2.24, 2.45) is 11.1 Å². The van der Waals surface area contributed by atoms with Crippen LogP contribution >= 0.6 is 0 Å². The highest BCUT2D eigenvalue weighted by Gasteiger charge is 2.56. The molecule has 0 aliphatic heterocycles. The van der Waals surface area contributed by atoms with Crippen LogP contribution in [0.3, 0.4) is 0 Å². The molecule has 3 atom stereocenters. The fraction of sp³-hybridized carbons (Fsp3) is 0.312. The van der Waals surface area contributed by atoms with Crippen molar-refractivity contribution in [1.29, 1.82) is 0 Å². The number of methoxy groups -OCH3 is 1. The third-order valence-corrected chi connectivity index (χ3v) is 7.46. The van der Waals surface area contributed by atoms with E-state index in [-0.39, 0.29) is 19.4 Å². The number of benzene rings is 3. The first-order chi connectivity index (χ1) is 20.2. The summed E-state index contributed by atoms with van der Waals surface area (Å²) in [6, 6.07) is 23.3. The van der Waals surface area contributed by atoms with Gasteiger partial charge in [0.1, 0.15) is 17.2 Å². The predicted molar refractivity (Wildman–Crippen MR) is 156 cm³/mol. The maximum atomic E-state index is 13.7. The van der Waals surface area contributed by atoms with Gasteiger partial charge >= 0.3 is 0 Å². The molecule has 0 spiro atoms. The topological polar surface area (TPSA) is 160 Å². The summed E-state index contributed by atoms with van der Waals surface area (Å²) in [6.45, 7) is 0.202. The van der Waals surface area contributed by atoms with Crippen molar-refractivity contribution in [2.75, 3.05) is 7.11 Å². The summed E-state index contributed by atoms with van der Waals surface area (Å²) < 4.78 is 5.21. The van der Waals surface area contributed by atoms with Crippen molar-refractivity contribution in [3.05, 3.63) is 102 Å². The van der Waals surface area contributed by atoms with E-state index in [9.17, 15) is 24.3 Å². The zero-order valence-electron chi connectivity index (χ0n) is 23.4. The molecule has 1 fully saturated rings. The largest absolute Gasteiger partial charge is 0.497 e. The Hall–Kier alpha value is -4.70. The fourth-order valence-corrected chi connectivity index (χ4v) is 4.68. The van der Waals surface area contributed by atoms with Crippen LogP contribution in [0.15, 0.2) is 84.9 Å². The van der Waals surface area contributed by atoms with Crippen molar-refractivity contribution >= 4 is 23.6 Å². The van der Waals surface area contributed by atoms with Gasteiger partial charge in [0.2, 0.25) is 17.7 Å². The predicted octanol–water partition coefficient (Wildman–Crippen LogP) is 1.39. The van der Waals surface area contributed by atoms with E-state index in [1.165, 1.54) is 0 Å². The van der Waals surface area contributed by atoms with Gasteiger partial charge in [-0.1, -0.05) is 72.8 Å². The summed E-state index contributed by atoms with van der Waals surface area (Å²) in [4.78, 5) is 51.8. The Morgan fingerprint density at radius 2 is 1.38 bits per heavy atom. The Bertz CT molecular complexity index is 1380. The molecule has 0 aromatic heterocycles. The molecule has 4 amide bonds. The number of nitrogens with one attached hydrogen (secondary N) is 3. The van der Waals surface area contributed by atoms with Crippen molar-refractivity contribution in [1.82, 2.24) is 16.0 Å². The lowest BCUT2D eigenvalue weighted by Gasteiger charge is -2.27. The second kappa shape index (κ2) is 13.8. The van der Waals surface area contributed by atoms with E-state index in [1.807, 2.05) is 60.7 Å². The molecule has 0 bridgehead atoms. The molecule has 4 rings (SSSR count). The van der Waals surface area contributed by atoms with Crippen LogP contribution in [-0.4, -0.2) is 54.0 Å². The molecular formula is C32H36N4O6. The average Bonchev–Trinajstić information content (AvgIpc) is 3.83. The number of carbonyl (C=O) groups excluding carboxylic acids is 4. The molecule has 220 valence electrons. The molecule has 1 saturated carbocycles. The molecule has 10 nitrogen and oxygen atoms in total. The number of carbonyl (C=O) groups is 4. The van der Waals surface area contributed by atoms with Crippen LogP contribution in [0.25, 0.3) is 0 Å². The standard InChI is InChI=1S/C32H36N4O6/c1-42-24-14-12-22(13-15-24)19-26(36-31(41)32(16-17-32)30(33)40)28(38)35-25(18-21-8-4-2-5-9-21)27(37)29(39)34-20-23-10-6-3-7-11-23/h2-15,25-27,37H,16-20H2,1H3,(H2,33,40)(H,34,39)(H,35,38)(H,36,41)/t25?,26-,27-/m0/s1. The molecule has 0 heterocycles. The first kappa shape index (κ1) is 30.3. The molecule has 10 heteroatoms. The van der Waals surface area contributed by atoms with Crippen LogP contribution < -0.4 is 26.4 Å². The third kappa shape index (κ3) is 7.73. The molecule has 3 aromatic rings. The highest BCUT2D eigenvalue weighted by atomic mass is 16.5. The number of hydrogen-bond acceptors (Lipinski definition) is 6. The van der Waals surface area contributed by atoms with E-state index in [0.717, 1.165) is 16.7 Å². The number of rotatable bonds is 14. The molecule has 42 heavy (non-hydrogen) atoms. The number of hydrogen-bond donors (Lipinski definition) is 5. The van der Waals surface area contributed by atoms with Gasteiger partial charge in [-0.05, 0) is 48.1 Å². The lowest BCUT2D eigenvalue weighted by Crippen LogP contribution is -2.57. The first-order valence-electron chi connectivity index (χ1n) is 13.8. The van der Waals surface area contributed by atoms with E-state index < -0.39 is 47.2 Å². The van der Waals surface area contributed by atoms with Crippen molar-refractivity contribution < 1.29 is 29.0 Å². The normalized spacial score (nSPS) is 15.4. The molecule has 1 unspecified atom stereocenters. The van der Waals surface area contributed by atoms with Gasteiger partial charge in [-0.25, -0.2) is 0 Å². The summed E-state index contributed by atoms with van der Waals surface area (Å²) in [5.41, 5.74) is 6.52. The number of ether oxygens (including phenoxy) is 1. The van der Waals surface area contributed by atoms with Crippen LogP contribution in [0.1, 0.15) is 29.5 Å². The minimum atomic E-state index is -1.59. The molecular weight excluding hydrogens is 536 g/mol. The van der Waals surface area contributed by atoms with E-state index >= 15 is 0 Å². The van der Waals surface area contributed by atoms with Crippen molar-refractivity contribution in [3.8, 4) is 5.75 Å². The molecule has 1 aliphatic rings. The number of primary amides is 1. The van der Waals surface area contributed by atoms with Gasteiger partial charge in [0.05, 0.1) is 13.2 Å². The minimum Gasteiger partial charge on any atom is -0.497 e. The highest BCUT2D eigenvalue weighted by molar-refractivity contribution is 6.08. The summed E-state index contributed by atoms with van der Waals surface area (Å²) in [7, 11) is 1.54. The zero-order valence-corrected chi connectivity index (χ0v) is 23.4. The van der Waals surface area contributed by atoms with E-state index in [0.29, 0.717) is 18.6 Å². The molecule has 1 aliphatic carbocycles. The lowest BCUT2D eigenvalue weighted by molar-refractivity contribution is -0.139. The van der Waals surface area contributed by atoms with Gasteiger partial charge in [-0.15, -0.1) is 0 Å². The number of nitrogens with two attached hydrogens (primary N) is 1. The van der Waals surface area contributed by atoms with Crippen molar-refractivity contribution in [2.45, 2.75) is 50.4 Å². The van der Waals surface area contributed by atoms with Gasteiger partial charge in [0.15, 0.2) is 6.10 Å². The Morgan fingerprint density at radius 3 is 1.93 bits per heavy atom.